The van der Waals surface area contributed by atoms with Gasteiger partial charge in [0.05, 0.1) is 34.4 Å². The van der Waals surface area contributed by atoms with E-state index in [1.54, 1.807) is 45.5 Å². The van der Waals surface area contributed by atoms with Crippen molar-refractivity contribution in [2.75, 3.05) is 12.9 Å². The van der Waals surface area contributed by atoms with Crippen LogP contribution in [0.15, 0.2) is 90.1 Å². The van der Waals surface area contributed by atoms with E-state index in [1.165, 1.54) is 0 Å². The van der Waals surface area contributed by atoms with E-state index in [9.17, 15) is 18.3 Å². The van der Waals surface area contributed by atoms with Gasteiger partial charge in [0.2, 0.25) is 5.88 Å². The van der Waals surface area contributed by atoms with Crippen LogP contribution in [-0.4, -0.2) is 46.9 Å². The van der Waals surface area contributed by atoms with Crippen molar-refractivity contribution < 1.29 is 27.8 Å². The number of hydrogen-bond acceptors (Lipinski definition) is 7. The molecule has 5 rings (SSSR count). The quantitative estimate of drug-likeness (QED) is 0.149. The van der Waals surface area contributed by atoms with Gasteiger partial charge >= 0.3 is 5.97 Å². The fourth-order valence-electron chi connectivity index (χ4n) is 5.46. The third-order valence-electron chi connectivity index (χ3n) is 7.83. The van der Waals surface area contributed by atoms with Crippen LogP contribution in [0.2, 0.25) is 0 Å². The lowest BCUT2D eigenvalue weighted by atomic mass is 9.88. The van der Waals surface area contributed by atoms with Crippen LogP contribution in [0.3, 0.4) is 0 Å². The topological polar surface area (TPSA) is 121 Å². The summed E-state index contributed by atoms with van der Waals surface area (Å²) in [4.78, 5) is 21.1. The number of benzene rings is 2. The molecule has 0 aliphatic heterocycles. The van der Waals surface area contributed by atoms with Gasteiger partial charge in [-0.25, -0.2) is 13.4 Å². The number of aliphatic carboxylic acids is 1. The van der Waals surface area contributed by atoms with E-state index in [2.05, 4.69) is 9.97 Å². The smallest absolute Gasteiger partial charge is 0.309 e. The van der Waals surface area contributed by atoms with Crippen molar-refractivity contribution >= 4 is 26.7 Å². The lowest BCUT2D eigenvalue weighted by Gasteiger charge is -2.22. The maximum absolute atomic E-state index is 14.1. The zero-order valence-electron chi connectivity index (χ0n) is 26.7. The number of nitrogens with zero attached hydrogens (tertiary/aromatic N) is 3. The van der Waals surface area contributed by atoms with Crippen LogP contribution in [-0.2, 0) is 34.2 Å². The molecule has 0 unspecified atom stereocenters. The van der Waals surface area contributed by atoms with Crippen LogP contribution >= 0.6 is 0 Å². The van der Waals surface area contributed by atoms with Crippen molar-refractivity contribution in [3.8, 4) is 22.8 Å². The highest BCUT2D eigenvalue weighted by Gasteiger charge is 2.35. The maximum Gasteiger partial charge on any atom is 0.309 e. The van der Waals surface area contributed by atoms with E-state index in [0.717, 1.165) is 22.4 Å². The van der Waals surface area contributed by atoms with Gasteiger partial charge in [0, 0.05) is 48.1 Å². The minimum atomic E-state index is -3.82. The van der Waals surface area contributed by atoms with E-state index in [1.807, 2.05) is 79.1 Å². The molecule has 2 aromatic carbocycles. The first-order valence-electron chi connectivity index (χ1n) is 15.1. The molecule has 3 heterocycles. The van der Waals surface area contributed by atoms with Crippen LogP contribution in [0.5, 0.6) is 11.6 Å². The molecule has 0 saturated carbocycles. The molecule has 1 N–H and O–H groups in total. The minimum absolute atomic E-state index is 0.0173. The molecule has 3 aromatic heterocycles. The first-order chi connectivity index (χ1) is 21.9. The Hall–Kier alpha value is -4.70. The predicted octanol–water partition coefficient (Wildman–Crippen LogP) is 6.82. The number of ether oxygens (including phenoxy) is 2. The average Bonchev–Trinajstić information content (AvgIpc) is 3.32. The number of pyridine rings is 2. The normalized spacial score (nSPS) is 12.0. The molecule has 5 aromatic rings. The average molecular weight is 642 g/mol. The lowest BCUT2D eigenvalue weighted by molar-refractivity contribution is -0.146. The summed E-state index contributed by atoms with van der Waals surface area (Å²) in [7, 11) is -2.25. The summed E-state index contributed by atoms with van der Waals surface area (Å²) in [6, 6.07) is 22.7. The second-order valence-corrected chi connectivity index (χ2v) is 14.4. The number of carboxylic acid groups (broad SMARTS) is 1. The van der Waals surface area contributed by atoms with Gasteiger partial charge in [-0.2, -0.15) is 0 Å². The SMILES string of the molecule is COc1ccc(-c2ccc(Cn3c(CC(C)(C)C(=O)O)c(S(=O)(=O)CC(C)C)c4cc(OCc5ccccn5)ccc43)cc2)cn1. The Bertz CT molecular complexity index is 1930. The zero-order valence-corrected chi connectivity index (χ0v) is 27.5. The predicted molar refractivity (Wildman–Crippen MR) is 178 cm³/mol. The number of carbonyl (C=O) groups is 1. The van der Waals surface area contributed by atoms with Gasteiger partial charge in [0.25, 0.3) is 0 Å². The molecule has 0 amide bonds. The summed E-state index contributed by atoms with van der Waals surface area (Å²) in [5, 5.41) is 10.6. The van der Waals surface area contributed by atoms with Crippen molar-refractivity contribution in [1.29, 1.82) is 0 Å². The van der Waals surface area contributed by atoms with E-state index in [0.29, 0.717) is 34.8 Å². The molecule has 10 heteroatoms. The zero-order chi connectivity index (χ0) is 33.1. The maximum atomic E-state index is 14.1. The molecule has 0 aliphatic rings. The third kappa shape index (κ3) is 7.23. The number of rotatable bonds is 13. The van der Waals surface area contributed by atoms with Crippen molar-refractivity contribution in [2.45, 2.75) is 52.2 Å². The van der Waals surface area contributed by atoms with Crippen LogP contribution in [0.4, 0.5) is 0 Å². The van der Waals surface area contributed by atoms with Crippen LogP contribution in [0.1, 0.15) is 44.6 Å². The van der Waals surface area contributed by atoms with Gasteiger partial charge in [-0.15, -0.1) is 0 Å². The monoisotopic (exact) mass is 641 g/mol. The highest BCUT2D eigenvalue weighted by Crippen LogP contribution is 2.38. The van der Waals surface area contributed by atoms with Gasteiger partial charge in [-0.05, 0) is 67.3 Å². The molecule has 0 fully saturated rings. The Morgan fingerprint density at radius 3 is 2.33 bits per heavy atom. The number of hydrogen-bond donors (Lipinski definition) is 1. The van der Waals surface area contributed by atoms with E-state index >= 15 is 0 Å². The molecule has 240 valence electrons. The van der Waals surface area contributed by atoms with Crippen molar-refractivity contribution in [3.05, 3.63) is 102 Å². The van der Waals surface area contributed by atoms with Gasteiger partial charge in [0.1, 0.15) is 12.4 Å². The summed E-state index contributed by atoms with van der Waals surface area (Å²) in [6.07, 6.45) is 3.46. The molecule has 0 spiro atoms. The number of sulfone groups is 1. The Labute approximate surface area is 269 Å². The molecule has 0 saturated heterocycles. The second-order valence-electron chi connectivity index (χ2n) is 12.5. The number of aromatic nitrogens is 3. The van der Waals surface area contributed by atoms with Gasteiger partial charge < -0.3 is 19.1 Å². The van der Waals surface area contributed by atoms with Crippen molar-refractivity contribution in [2.24, 2.45) is 11.3 Å². The molecular weight excluding hydrogens is 602 g/mol. The van der Waals surface area contributed by atoms with Crippen LogP contribution in [0, 0.1) is 11.3 Å². The van der Waals surface area contributed by atoms with Crippen molar-refractivity contribution in [3.63, 3.8) is 0 Å². The summed E-state index contributed by atoms with van der Waals surface area (Å²) in [5.41, 5.74) is 3.50. The van der Waals surface area contributed by atoms with Crippen LogP contribution < -0.4 is 9.47 Å². The lowest BCUT2D eigenvalue weighted by Crippen LogP contribution is -2.28. The van der Waals surface area contributed by atoms with Crippen LogP contribution in [0.25, 0.3) is 22.0 Å². The number of carboxylic acids is 1. The highest BCUT2D eigenvalue weighted by atomic mass is 32.2. The van der Waals surface area contributed by atoms with Gasteiger partial charge in [-0.3, -0.25) is 9.78 Å². The Morgan fingerprint density at radius 2 is 1.72 bits per heavy atom. The largest absolute Gasteiger partial charge is 0.487 e. The molecule has 0 bridgehead atoms. The number of fused-ring (bicyclic) bond motifs is 1. The molecule has 0 aliphatic carbocycles. The Balaban J connectivity index is 1.63. The molecule has 0 radical (unpaired) electrons. The third-order valence-corrected chi connectivity index (χ3v) is 10.0. The molecule has 0 atom stereocenters. The van der Waals surface area contributed by atoms with E-state index in [-0.39, 0.29) is 29.6 Å². The minimum Gasteiger partial charge on any atom is -0.487 e. The molecule has 46 heavy (non-hydrogen) atoms. The van der Waals surface area contributed by atoms with Crippen molar-refractivity contribution in [1.82, 2.24) is 14.5 Å². The summed E-state index contributed by atoms with van der Waals surface area (Å²) in [6.45, 7) is 7.52. The first-order valence-corrected chi connectivity index (χ1v) is 16.8. The number of methoxy groups -OCH3 is 1. The van der Waals surface area contributed by atoms with E-state index in [4.69, 9.17) is 9.47 Å². The summed E-state index contributed by atoms with van der Waals surface area (Å²) < 4.78 is 41.4. The molecular formula is C36H39N3O6S. The first kappa shape index (κ1) is 32.7. The second kappa shape index (κ2) is 13.3. The summed E-state index contributed by atoms with van der Waals surface area (Å²) in [5.74, 6) is -0.181. The fraction of sp³-hybridized carbons (Fsp3) is 0.306. The fourth-order valence-corrected chi connectivity index (χ4v) is 7.55. The van der Waals surface area contributed by atoms with Gasteiger partial charge in [-0.1, -0.05) is 44.2 Å². The Morgan fingerprint density at radius 1 is 0.978 bits per heavy atom. The highest BCUT2D eigenvalue weighted by molar-refractivity contribution is 7.91. The molecule has 9 nitrogen and oxygen atoms in total. The van der Waals surface area contributed by atoms with Gasteiger partial charge in [0.15, 0.2) is 9.84 Å². The Kier molecular flexibility index (Phi) is 9.48. The summed E-state index contributed by atoms with van der Waals surface area (Å²) >= 11 is 0. The van der Waals surface area contributed by atoms with E-state index < -0.39 is 21.2 Å². The standard InChI is InChI=1S/C36H39N3O6S/c1-24(2)23-46(42,43)34-30-18-29(45-22-28-8-6-7-17-37-28)14-15-31(30)39(32(34)19-36(3,4)35(40)41)21-25-9-11-26(12-10-25)27-13-16-33(44-5)38-20-27/h6-18,20,24H,19,21-23H2,1-5H3,(H,40,41).